The maximum atomic E-state index is 6.12. The molecule has 18 heavy (non-hydrogen) atoms. The second-order valence-corrected chi connectivity index (χ2v) is 5.02. The molecule has 0 amide bonds. The lowest BCUT2D eigenvalue weighted by atomic mass is 10.2. The summed E-state index contributed by atoms with van der Waals surface area (Å²) in [7, 11) is 0. The van der Waals surface area contributed by atoms with Gasteiger partial charge in [0.15, 0.2) is 0 Å². The summed E-state index contributed by atoms with van der Waals surface area (Å²) >= 11 is 18.0. The second kappa shape index (κ2) is 5.22. The molecule has 2 aromatic rings. The number of nitrogen functional groups attached to an aromatic ring is 1. The summed E-state index contributed by atoms with van der Waals surface area (Å²) in [6.45, 7) is 1.88. The van der Waals surface area contributed by atoms with Crippen LogP contribution in [0.4, 0.5) is 17.2 Å². The van der Waals surface area contributed by atoms with Crippen LogP contribution >= 0.6 is 34.8 Å². The van der Waals surface area contributed by atoms with E-state index in [-0.39, 0.29) is 0 Å². The molecule has 0 saturated carbocycles. The lowest BCUT2D eigenvalue weighted by Crippen LogP contribution is -1.97. The van der Waals surface area contributed by atoms with E-state index in [2.05, 4.69) is 10.3 Å². The molecule has 1 aromatic heterocycles. The summed E-state index contributed by atoms with van der Waals surface area (Å²) in [6, 6.07) is 6.74. The molecule has 0 bridgehead atoms. The van der Waals surface area contributed by atoms with Crippen molar-refractivity contribution in [2.75, 3.05) is 11.1 Å². The Morgan fingerprint density at radius 3 is 2.44 bits per heavy atom. The Morgan fingerprint density at radius 1 is 1.06 bits per heavy atom. The first-order valence-corrected chi connectivity index (χ1v) is 6.25. The van der Waals surface area contributed by atoms with Gasteiger partial charge in [-0.1, -0.05) is 34.8 Å². The number of aryl methyl sites for hydroxylation is 1. The van der Waals surface area contributed by atoms with Crippen LogP contribution in [0.2, 0.25) is 15.2 Å². The van der Waals surface area contributed by atoms with Crippen molar-refractivity contribution in [3.63, 3.8) is 0 Å². The molecule has 6 heteroatoms. The normalized spacial score (nSPS) is 10.4. The van der Waals surface area contributed by atoms with E-state index in [1.165, 1.54) is 0 Å². The Hall–Kier alpha value is -1.16. The molecule has 0 radical (unpaired) electrons. The third-order valence-electron chi connectivity index (χ3n) is 2.33. The van der Waals surface area contributed by atoms with Crippen LogP contribution in [0.25, 0.3) is 0 Å². The van der Waals surface area contributed by atoms with Crippen LogP contribution in [0, 0.1) is 6.92 Å². The Morgan fingerprint density at radius 2 is 1.78 bits per heavy atom. The Balaban J connectivity index is 2.36. The number of nitrogens with one attached hydrogen (secondary N) is 1. The molecule has 0 spiro atoms. The van der Waals surface area contributed by atoms with Gasteiger partial charge in [0.2, 0.25) is 0 Å². The van der Waals surface area contributed by atoms with Crippen molar-refractivity contribution in [2.24, 2.45) is 0 Å². The van der Waals surface area contributed by atoms with Crippen LogP contribution in [0.5, 0.6) is 0 Å². The van der Waals surface area contributed by atoms with Crippen molar-refractivity contribution in [1.82, 2.24) is 4.98 Å². The number of hydrogen-bond donors (Lipinski definition) is 2. The van der Waals surface area contributed by atoms with Crippen LogP contribution in [0.1, 0.15) is 5.56 Å². The molecule has 0 atom stereocenters. The van der Waals surface area contributed by atoms with E-state index in [1.807, 2.05) is 6.92 Å². The van der Waals surface area contributed by atoms with Crippen LogP contribution in [-0.2, 0) is 0 Å². The first kappa shape index (κ1) is 13.3. The zero-order valence-electron chi connectivity index (χ0n) is 9.47. The van der Waals surface area contributed by atoms with Crippen molar-refractivity contribution in [1.29, 1.82) is 0 Å². The van der Waals surface area contributed by atoms with Gasteiger partial charge in [0.25, 0.3) is 0 Å². The number of aromatic nitrogens is 1. The fourth-order valence-corrected chi connectivity index (χ4v) is 2.11. The van der Waals surface area contributed by atoms with E-state index in [4.69, 9.17) is 40.5 Å². The number of halogens is 3. The standard InChI is InChI=1S/C12H10Cl3N3/c1-6-2-9(14)10(5-8(6)13)17-12-4-7(16)3-11(15)18-12/h2-5H,1H3,(H3,16,17,18). The van der Waals surface area contributed by atoms with Crippen molar-refractivity contribution in [3.05, 3.63) is 45.0 Å². The van der Waals surface area contributed by atoms with Gasteiger partial charge in [-0.05, 0) is 30.7 Å². The maximum absolute atomic E-state index is 6.12. The molecular weight excluding hydrogens is 293 g/mol. The summed E-state index contributed by atoms with van der Waals surface area (Å²) in [6.07, 6.45) is 0. The Labute approximate surface area is 120 Å². The van der Waals surface area contributed by atoms with Crippen LogP contribution < -0.4 is 11.1 Å². The molecule has 3 N–H and O–H groups in total. The van der Waals surface area contributed by atoms with Gasteiger partial charge in [-0.15, -0.1) is 0 Å². The van der Waals surface area contributed by atoms with Crippen LogP contribution in [-0.4, -0.2) is 4.98 Å². The summed E-state index contributed by atoms with van der Waals surface area (Å²) < 4.78 is 0. The lowest BCUT2D eigenvalue weighted by Gasteiger charge is -2.10. The number of hydrogen-bond acceptors (Lipinski definition) is 3. The molecule has 2 rings (SSSR count). The minimum absolute atomic E-state index is 0.312. The van der Waals surface area contributed by atoms with Gasteiger partial charge in [0.1, 0.15) is 11.0 Å². The molecule has 1 aromatic carbocycles. The summed E-state index contributed by atoms with van der Waals surface area (Å²) in [5.41, 5.74) is 7.76. The average molecular weight is 303 g/mol. The van der Waals surface area contributed by atoms with Gasteiger partial charge in [-0.3, -0.25) is 0 Å². The molecule has 0 saturated heterocycles. The fourth-order valence-electron chi connectivity index (χ4n) is 1.46. The van der Waals surface area contributed by atoms with E-state index in [0.717, 1.165) is 5.56 Å². The van der Waals surface area contributed by atoms with Crippen molar-refractivity contribution >= 4 is 52.0 Å². The van der Waals surface area contributed by atoms with Gasteiger partial charge >= 0.3 is 0 Å². The summed E-state index contributed by atoms with van der Waals surface area (Å²) in [5.74, 6) is 0.516. The third-order valence-corrected chi connectivity index (χ3v) is 3.24. The predicted octanol–water partition coefficient (Wildman–Crippen LogP) is 4.68. The quantitative estimate of drug-likeness (QED) is 0.792. The fraction of sp³-hybridized carbons (Fsp3) is 0.0833. The Kier molecular flexibility index (Phi) is 3.85. The largest absolute Gasteiger partial charge is 0.399 e. The molecule has 0 unspecified atom stereocenters. The molecule has 0 fully saturated rings. The molecule has 3 nitrogen and oxygen atoms in total. The van der Waals surface area contributed by atoms with E-state index in [1.54, 1.807) is 24.3 Å². The van der Waals surface area contributed by atoms with Gasteiger partial charge in [-0.25, -0.2) is 4.98 Å². The minimum Gasteiger partial charge on any atom is -0.399 e. The molecule has 0 aliphatic heterocycles. The monoisotopic (exact) mass is 301 g/mol. The highest BCUT2D eigenvalue weighted by Crippen LogP contribution is 2.31. The van der Waals surface area contributed by atoms with Gasteiger partial charge < -0.3 is 11.1 Å². The van der Waals surface area contributed by atoms with Crippen LogP contribution in [0.15, 0.2) is 24.3 Å². The molecule has 94 valence electrons. The topological polar surface area (TPSA) is 50.9 Å². The van der Waals surface area contributed by atoms with Gasteiger partial charge in [0, 0.05) is 16.8 Å². The van der Waals surface area contributed by atoms with E-state index < -0.39 is 0 Å². The molecule has 0 aliphatic carbocycles. The number of pyridine rings is 1. The SMILES string of the molecule is Cc1cc(Cl)c(Nc2cc(N)cc(Cl)n2)cc1Cl. The van der Waals surface area contributed by atoms with E-state index in [9.17, 15) is 0 Å². The number of nitrogens with two attached hydrogens (primary N) is 1. The second-order valence-electron chi connectivity index (χ2n) is 3.81. The smallest absolute Gasteiger partial charge is 0.134 e. The minimum atomic E-state index is 0.312. The first-order chi connectivity index (χ1) is 8.45. The number of nitrogens with zero attached hydrogens (tertiary/aromatic N) is 1. The predicted molar refractivity (Wildman–Crippen MR) is 78.1 cm³/mol. The van der Waals surface area contributed by atoms with Crippen LogP contribution in [0.3, 0.4) is 0 Å². The lowest BCUT2D eigenvalue weighted by molar-refractivity contribution is 1.31. The highest BCUT2D eigenvalue weighted by molar-refractivity contribution is 6.36. The number of rotatable bonds is 2. The first-order valence-electron chi connectivity index (χ1n) is 5.11. The Bertz CT molecular complexity index is 579. The third kappa shape index (κ3) is 2.99. The summed E-state index contributed by atoms with van der Waals surface area (Å²) in [4.78, 5) is 4.10. The zero-order valence-corrected chi connectivity index (χ0v) is 11.7. The summed E-state index contributed by atoms with van der Waals surface area (Å²) in [5, 5.41) is 4.52. The number of anilines is 3. The maximum Gasteiger partial charge on any atom is 0.134 e. The highest BCUT2D eigenvalue weighted by atomic mass is 35.5. The van der Waals surface area contributed by atoms with E-state index >= 15 is 0 Å². The molecular formula is C12H10Cl3N3. The number of benzene rings is 1. The zero-order chi connectivity index (χ0) is 13.3. The van der Waals surface area contributed by atoms with Gasteiger partial charge in [0.05, 0.1) is 10.7 Å². The van der Waals surface area contributed by atoms with Crippen molar-refractivity contribution in [2.45, 2.75) is 6.92 Å². The average Bonchev–Trinajstić information content (AvgIpc) is 2.24. The molecule has 1 heterocycles. The molecule has 0 aliphatic rings. The van der Waals surface area contributed by atoms with E-state index in [0.29, 0.717) is 32.4 Å². The van der Waals surface area contributed by atoms with Gasteiger partial charge in [-0.2, -0.15) is 0 Å². The van der Waals surface area contributed by atoms with Crippen molar-refractivity contribution in [3.8, 4) is 0 Å². The highest BCUT2D eigenvalue weighted by Gasteiger charge is 2.06. The van der Waals surface area contributed by atoms with Crippen molar-refractivity contribution < 1.29 is 0 Å².